The first-order valence-electron chi connectivity index (χ1n) is 6.63. The van der Waals surface area contributed by atoms with Crippen molar-refractivity contribution in [3.63, 3.8) is 0 Å². The fraction of sp³-hybridized carbons (Fsp3) is 0.750. The molecular formula is C12H24N4O2S. The van der Waals surface area contributed by atoms with E-state index in [1.165, 1.54) is 0 Å². The van der Waals surface area contributed by atoms with Crippen LogP contribution in [0, 0.1) is 0 Å². The van der Waals surface area contributed by atoms with Crippen LogP contribution >= 0.6 is 0 Å². The molecule has 0 aromatic carbocycles. The Balaban J connectivity index is 2.36. The molecule has 0 bridgehead atoms. The van der Waals surface area contributed by atoms with Gasteiger partial charge in [-0.05, 0) is 26.0 Å². The molecule has 0 aliphatic rings. The lowest BCUT2D eigenvalue weighted by Crippen LogP contribution is -2.40. The minimum absolute atomic E-state index is 0.403. The van der Waals surface area contributed by atoms with Crippen LogP contribution in [0.4, 0.5) is 0 Å². The molecule has 0 aliphatic heterocycles. The topological polar surface area (TPSA) is 76.0 Å². The first kappa shape index (κ1) is 16.1. The van der Waals surface area contributed by atoms with Crippen LogP contribution in [0.5, 0.6) is 0 Å². The van der Waals surface area contributed by atoms with Crippen molar-refractivity contribution >= 4 is 10.0 Å². The summed E-state index contributed by atoms with van der Waals surface area (Å²) in [5, 5.41) is 6.74. The molecule has 0 aliphatic carbocycles. The zero-order chi connectivity index (χ0) is 14.3. The molecule has 6 nitrogen and oxygen atoms in total. The lowest BCUT2D eigenvalue weighted by molar-refractivity contribution is 0.556. The van der Waals surface area contributed by atoms with Crippen molar-refractivity contribution in [2.24, 2.45) is 7.05 Å². The highest BCUT2D eigenvalue weighted by Crippen LogP contribution is 2.00. The zero-order valence-electron chi connectivity index (χ0n) is 11.9. The maximum atomic E-state index is 12.0. The predicted octanol–water partition coefficient (Wildman–Crippen LogP) is 0.270. The lowest BCUT2D eigenvalue weighted by Gasteiger charge is -2.14. The van der Waals surface area contributed by atoms with Gasteiger partial charge in [-0.3, -0.25) is 4.68 Å². The van der Waals surface area contributed by atoms with Crippen molar-refractivity contribution < 1.29 is 8.42 Å². The van der Waals surface area contributed by atoms with Gasteiger partial charge in [-0.1, -0.05) is 6.92 Å². The van der Waals surface area contributed by atoms with Crippen LogP contribution in [0.2, 0.25) is 0 Å². The third-order valence-electron chi connectivity index (χ3n) is 3.00. The highest BCUT2D eigenvalue weighted by atomic mass is 32.2. The molecule has 0 saturated heterocycles. The maximum absolute atomic E-state index is 12.0. The number of sulfonamides is 1. The number of rotatable bonds is 9. The summed E-state index contributed by atoms with van der Waals surface area (Å²) in [6, 6.07) is 1.89. The summed E-state index contributed by atoms with van der Waals surface area (Å²) in [6.45, 7) is 5.50. The first-order valence-corrected chi connectivity index (χ1v) is 8.18. The molecule has 1 aromatic heterocycles. The average Bonchev–Trinajstić information content (AvgIpc) is 2.75. The van der Waals surface area contributed by atoms with Crippen molar-refractivity contribution in [1.82, 2.24) is 19.8 Å². The number of aromatic nitrogens is 2. The molecule has 0 saturated carbocycles. The summed E-state index contributed by atoms with van der Waals surface area (Å²) in [5.74, 6) is 0. The highest BCUT2D eigenvalue weighted by molar-refractivity contribution is 7.90. The second-order valence-electron chi connectivity index (χ2n) is 4.65. The Morgan fingerprint density at radius 3 is 2.74 bits per heavy atom. The smallest absolute Gasteiger partial charge is 0.215 e. The van der Waals surface area contributed by atoms with E-state index in [1.54, 1.807) is 17.8 Å². The monoisotopic (exact) mass is 288 g/mol. The summed E-state index contributed by atoms with van der Waals surface area (Å²) in [5.41, 5.74) is 1.01. The number of nitrogens with one attached hydrogen (secondary N) is 2. The normalized spacial score (nSPS) is 13.6. The lowest BCUT2D eigenvalue weighted by atomic mass is 10.3. The minimum atomic E-state index is -3.25. The van der Waals surface area contributed by atoms with Crippen molar-refractivity contribution in [2.75, 3.05) is 19.6 Å². The van der Waals surface area contributed by atoms with Gasteiger partial charge in [0, 0.05) is 38.4 Å². The van der Waals surface area contributed by atoms with Crippen LogP contribution < -0.4 is 10.0 Å². The van der Waals surface area contributed by atoms with Gasteiger partial charge in [0.2, 0.25) is 10.0 Å². The van der Waals surface area contributed by atoms with E-state index in [0.29, 0.717) is 19.5 Å². The standard InChI is InChI=1S/C12H24N4O2S/c1-4-7-13-10-11(2)19(17,18)15-9-6-12-5-8-14-16(12)3/h5,8,11,13,15H,4,6-7,9-10H2,1-3H3. The Hall–Kier alpha value is -0.920. The molecule has 110 valence electrons. The summed E-state index contributed by atoms with van der Waals surface area (Å²) in [4.78, 5) is 0. The molecular weight excluding hydrogens is 264 g/mol. The molecule has 0 spiro atoms. The van der Waals surface area contributed by atoms with E-state index in [4.69, 9.17) is 0 Å². The Labute approximate surface area is 115 Å². The van der Waals surface area contributed by atoms with E-state index in [1.807, 2.05) is 13.1 Å². The van der Waals surface area contributed by atoms with E-state index in [0.717, 1.165) is 18.7 Å². The van der Waals surface area contributed by atoms with Gasteiger partial charge in [0.1, 0.15) is 0 Å². The SMILES string of the molecule is CCCNCC(C)S(=O)(=O)NCCc1ccnn1C. The average molecular weight is 288 g/mol. The van der Waals surface area contributed by atoms with E-state index in [9.17, 15) is 8.42 Å². The molecule has 19 heavy (non-hydrogen) atoms. The van der Waals surface area contributed by atoms with Crippen LogP contribution in [-0.2, 0) is 23.5 Å². The Bertz CT molecular complexity index is 470. The fourth-order valence-electron chi connectivity index (χ4n) is 1.70. The van der Waals surface area contributed by atoms with Gasteiger partial charge in [0.15, 0.2) is 0 Å². The third-order valence-corrected chi connectivity index (χ3v) is 4.83. The van der Waals surface area contributed by atoms with Crippen LogP contribution in [0.25, 0.3) is 0 Å². The van der Waals surface area contributed by atoms with Gasteiger partial charge in [0.25, 0.3) is 0 Å². The van der Waals surface area contributed by atoms with Crippen LogP contribution in [0.3, 0.4) is 0 Å². The Kier molecular flexibility index (Phi) is 6.47. The summed E-state index contributed by atoms with van der Waals surface area (Å²) < 4.78 is 28.3. The summed E-state index contributed by atoms with van der Waals surface area (Å²) in [6.07, 6.45) is 3.35. The van der Waals surface area contributed by atoms with Crippen molar-refractivity contribution in [1.29, 1.82) is 0 Å². The van der Waals surface area contributed by atoms with E-state index >= 15 is 0 Å². The Morgan fingerprint density at radius 1 is 1.42 bits per heavy atom. The highest BCUT2D eigenvalue weighted by Gasteiger charge is 2.19. The molecule has 0 amide bonds. The van der Waals surface area contributed by atoms with Crippen molar-refractivity contribution in [3.8, 4) is 0 Å². The largest absolute Gasteiger partial charge is 0.315 e. The minimum Gasteiger partial charge on any atom is -0.315 e. The predicted molar refractivity (Wildman–Crippen MR) is 76.5 cm³/mol. The van der Waals surface area contributed by atoms with Gasteiger partial charge < -0.3 is 5.32 Å². The number of hydrogen-bond acceptors (Lipinski definition) is 4. The van der Waals surface area contributed by atoms with Crippen LogP contribution in [0.1, 0.15) is 26.0 Å². The number of hydrogen-bond donors (Lipinski definition) is 2. The molecule has 1 heterocycles. The molecule has 1 aromatic rings. The van der Waals surface area contributed by atoms with E-state index in [2.05, 4.69) is 22.1 Å². The van der Waals surface area contributed by atoms with Crippen LogP contribution in [0.15, 0.2) is 12.3 Å². The van der Waals surface area contributed by atoms with Gasteiger partial charge in [-0.15, -0.1) is 0 Å². The van der Waals surface area contributed by atoms with E-state index in [-0.39, 0.29) is 0 Å². The molecule has 7 heteroatoms. The van der Waals surface area contributed by atoms with Gasteiger partial charge in [0.05, 0.1) is 5.25 Å². The van der Waals surface area contributed by atoms with Crippen molar-refractivity contribution in [3.05, 3.63) is 18.0 Å². The summed E-state index contributed by atoms with van der Waals surface area (Å²) in [7, 11) is -1.40. The van der Waals surface area contributed by atoms with Gasteiger partial charge in [-0.2, -0.15) is 5.10 Å². The van der Waals surface area contributed by atoms with Crippen molar-refractivity contribution in [2.45, 2.75) is 31.9 Å². The van der Waals surface area contributed by atoms with Gasteiger partial charge >= 0.3 is 0 Å². The zero-order valence-corrected chi connectivity index (χ0v) is 12.7. The maximum Gasteiger partial charge on any atom is 0.215 e. The molecule has 0 fully saturated rings. The quantitative estimate of drug-likeness (QED) is 0.640. The summed E-state index contributed by atoms with van der Waals surface area (Å²) >= 11 is 0. The molecule has 1 rings (SSSR count). The first-order chi connectivity index (χ1) is 8.97. The second kappa shape index (κ2) is 7.62. The molecule has 0 radical (unpaired) electrons. The fourth-order valence-corrected chi connectivity index (χ4v) is 2.71. The third kappa shape index (κ3) is 5.30. The Morgan fingerprint density at radius 2 is 2.16 bits per heavy atom. The van der Waals surface area contributed by atoms with E-state index < -0.39 is 15.3 Å². The second-order valence-corrected chi connectivity index (χ2v) is 6.83. The molecule has 1 unspecified atom stereocenters. The van der Waals surface area contributed by atoms with Gasteiger partial charge in [-0.25, -0.2) is 13.1 Å². The number of nitrogens with zero attached hydrogens (tertiary/aromatic N) is 2. The number of aryl methyl sites for hydroxylation is 1. The molecule has 1 atom stereocenters. The van der Waals surface area contributed by atoms with Crippen LogP contribution in [-0.4, -0.2) is 43.1 Å². The molecule has 2 N–H and O–H groups in total.